The number of rotatable bonds is 6. The Labute approximate surface area is 205 Å². The monoisotopic (exact) mass is 469 g/mol. The number of amides is 1. The smallest absolute Gasteiger partial charge is 0.256 e. The highest BCUT2D eigenvalue weighted by Gasteiger charge is 2.27. The maximum atomic E-state index is 12.8. The summed E-state index contributed by atoms with van der Waals surface area (Å²) in [5.41, 5.74) is 10.5. The van der Waals surface area contributed by atoms with Gasteiger partial charge in [-0.05, 0) is 62.7 Å². The molecule has 180 valence electrons. The number of pyridine rings is 1. The molecule has 0 spiro atoms. The van der Waals surface area contributed by atoms with Crippen LogP contribution < -0.4 is 11.1 Å². The molecule has 35 heavy (non-hydrogen) atoms. The van der Waals surface area contributed by atoms with E-state index in [-0.39, 0.29) is 11.9 Å². The topological polar surface area (TPSA) is 101 Å². The summed E-state index contributed by atoms with van der Waals surface area (Å²) in [7, 11) is 2.15. The molecule has 1 aliphatic heterocycles. The Morgan fingerprint density at radius 3 is 2.74 bits per heavy atom. The zero-order valence-corrected chi connectivity index (χ0v) is 20.2. The van der Waals surface area contributed by atoms with Crippen molar-refractivity contribution < 1.29 is 4.79 Å². The molecule has 4 heterocycles. The highest BCUT2D eigenvalue weighted by atomic mass is 16.1. The highest BCUT2D eigenvalue weighted by Crippen LogP contribution is 2.35. The molecule has 4 aromatic rings. The second kappa shape index (κ2) is 9.84. The summed E-state index contributed by atoms with van der Waals surface area (Å²) in [6.07, 6.45) is 10.8. The summed E-state index contributed by atoms with van der Waals surface area (Å²) >= 11 is 0. The number of likely N-dealkylation sites (tertiary alicyclic amines) is 1. The summed E-state index contributed by atoms with van der Waals surface area (Å²) < 4.78 is 2.07. The predicted molar refractivity (Wildman–Crippen MR) is 138 cm³/mol. The molecule has 8 heteroatoms. The van der Waals surface area contributed by atoms with Crippen LogP contribution in [0.15, 0.2) is 55.0 Å². The van der Waals surface area contributed by atoms with Crippen molar-refractivity contribution in [1.29, 1.82) is 0 Å². The molecule has 0 radical (unpaired) electrons. The maximum Gasteiger partial charge on any atom is 0.256 e. The van der Waals surface area contributed by atoms with Crippen molar-refractivity contribution in [2.45, 2.75) is 45.1 Å². The first kappa shape index (κ1) is 23.0. The number of carbonyl (C=O) groups excluding carboxylic acids is 1. The van der Waals surface area contributed by atoms with Gasteiger partial charge in [0, 0.05) is 29.7 Å². The summed E-state index contributed by atoms with van der Waals surface area (Å²) in [5, 5.41) is 2.90. The van der Waals surface area contributed by atoms with E-state index >= 15 is 0 Å². The normalized spacial score (nSPS) is 16.5. The third-order valence-corrected chi connectivity index (χ3v) is 6.70. The quantitative estimate of drug-likeness (QED) is 0.423. The Bertz CT molecular complexity index is 1350. The van der Waals surface area contributed by atoms with E-state index in [1.807, 2.05) is 42.6 Å². The van der Waals surface area contributed by atoms with Gasteiger partial charge in [0.25, 0.3) is 5.91 Å². The SMILES string of the molecule is CCCc1ccnc(NC(=O)c2ccc(-c3nc([C@@H]4CCCCN4C)n4ccnc(N)c34)cc2)c1. The number of imidazole rings is 1. The lowest BCUT2D eigenvalue weighted by atomic mass is 10.0. The number of carbonyl (C=O) groups is 1. The van der Waals surface area contributed by atoms with Gasteiger partial charge in [0.15, 0.2) is 0 Å². The van der Waals surface area contributed by atoms with E-state index in [1.54, 1.807) is 12.4 Å². The summed E-state index contributed by atoms with van der Waals surface area (Å²) in [6, 6.07) is 11.6. The van der Waals surface area contributed by atoms with Gasteiger partial charge in [-0.2, -0.15) is 0 Å². The van der Waals surface area contributed by atoms with Crippen LogP contribution >= 0.6 is 0 Å². The van der Waals surface area contributed by atoms with Gasteiger partial charge in [-0.15, -0.1) is 0 Å². The molecule has 0 saturated carbocycles. The fourth-order valence-electron chi connectivity index (χ4n) is 4.88. The van der Waals surface area contributed by atoms with Gasteiger partial charge in [-0.1, -0.05) is 31.9 Å². The van der Waals surface area contributed by atoms with Gasteiger partial charge < -0.3 is 11.1 Å². The number of nitrogens with one attached hydrogen (secondary N) is 1. The number of anilines is 2. The zero-order chi connectivity index (χ0) is 24.4. The number of hydrogen-bond acceptors (Lipinski definition) is 6. The Kier molecular flexibility index (Phi) is 6.46. The van der Waals surface area contributed by atoms with E-state index in [0.717, 1.165) is 54.0 Å². The van der Waals surface area contributed by atoms with Crippen LogP contribution in [-0.2, 0) is 6.42 Å². The van der Waals surface area contributed by atoms with Crippen LogP contribution in [-0.4, -0.2) is 43.8 Å². The van der Waals surface area contributed by atoms with Crippen molar-refractivity contribution in [1.82, 2.24) is 24.3 Å². The Hall–Kier alpha value is -3.78. The van der Waals surface area contributed by atoms with E-state index in [9.17, 15) is 4.79 Å². The van der Waals surface area contributed by atoms with Crippen LogP contribution in [0.2, 0.25) is 0 Å². The highest BCUT2D eigenvalue weighted by molar-refractivity contribution is 6.04. The second-order valence-electron chi connectivity index (χ2n) is 9.17. The number of aromatic nitrogens is 4. The molecule has 5 rings (SSSR count). The summed E-state index contributed by atoms with van der Waals surface area (Å²) in [5.74, 6) is 1.79. The zero-order valence-electron chi connectivity index (χ0n) is 20.2. The van der Waals surface area contributed by atoms with Crippen LogP contribution in [0.1, 0.15) is 60.4 Å². The van der Waals surface area contributed by atoms with Crippen molar-refractivity contribution in [3.63, 3.8) is 0 Å². The van der Waals surface area contributed by atoms with Gasteiger partial charge in [0.05, 0.1) is 6.04 Å². The molecule has 1 fully saturated rings. The fraction of sp³-hybridized carbons (Fsp3) is 0.333. The van der Waals surface area contributed by atoms with Crippen LogP contribution in [0.3, 0.4) is 0 Å². The van der Waals surface area contributed by atoms with E-state index in [4.69, 9.17) is 10.7 Å². The largest absolute Gasteiger partial charge is 0.382 e. The van der Waals surface area contributed by atoms with Crippen molar-refractivity contribution in [3.8, 4) is 11.3 Å². The standard InChI is InChI=1S/C27H31N7O/c1-3-6-18-12-13-29-22(17-18)31-27(35)20-10-8-19(9-11-20)23-24-25(28)30-14-16-34(24)26(32-23)21-7-4-5-15-33(21)2/h8-14,16-17,21H,3-7,15H2,1-2H3,(H2,28,30)(H,29,31,35)/t21-/m0/s1. The summed E-state index contributed by atoms with van der Waals surface area (Å²) in [6.45, 7) is 3.18. The van der Waals surface area contributed by atoms with Gasteiger partial charge in [0.1, 0.15) is 28.7 Å². The van der Waals surface area contributed by atoms with E-state index in [0.29, 0.717) is 17.2 Å². The minimum atomic E-state index is -0.196. The first-order valence-corrected chi connectivity index (χ1v) is 12.2. The lowest BCUT2D eigenvalue weighted by molar-refractivity contribution is 0.102. The molecule has 0 aliphatic carbocycles. The molecule has 1 amide bonds. The Morgan fingerprint density at radius 1 is 1.14 bits per heavy atom. The summed E-state index contributed by atoms with van der Waals surface area (Å²) in [4.78, 5) is 28.8. The molecule has 1 aliphatic rings. The van der Waals surface area contributed by atoms with Gasteiger partial charge in [0.2, 0.25) is 0 Å². The van der Waals surface area contributed by atoms with Crippen LogP contribution in [0, 0.1) is 0 Å². The van der Waals surface area contributed by atoms with Crippen molar-refractivity contribution in [2.24, 2.45) is 0 Å². The molecule has 3 N–H and O–H groups in total. The van der Waals surface area contributed by atoms with Gasteiger partial charge in [-0.25, -0.2) is 15.0 Å². The fourth-order valence-corrected chi connectivity index (χ4v) is 4.88. The molecular formula is C27H31N7O. The number of benzene rings is 1. The van der Waals surface area contributed by atoms with Crippen LogP contribution in [0.5, 0.6) is 0 Å². The van der Waals surface area contributed by atoms with Gasteiger partial charge in [-0.3, -0.25) is 14.1 Å². The average Bonchev–Trinajstić information content (AvgIpc) is 3.26. The molecule has 1 atom stereocenters. The van der Waals surface area contributed by atoms with Crippen LogP contribution in [0.4, 0.5) is 11.6 Å². The first-order valence-electron chi connectivity index (χ1n) is 12.2. The number of hydrogen-bond donors (Lipinski definition) is 2. The predicted octanol–water partition coefficient (Wildman–Crippen LogP) is 4.74. The maximum absolute atomic E-state index is 12.8. The van der Waals surface area contributed by atoms with E-state index in [2.05, 4.69) is 38.6 Å². The number of piperidine rings is 1. The first-order chi connectivity index (χ1) is 17.0. The minimum Gasteiger partial charge on any atom is -0.382 e. The van der Waals surface area contributed by atoms with E-state index in [1.165, 1.54) is 12.8 Å². The lowest BCUT2D eigenvalue weighted by Gasteiger charge is -2.31. The molecule has 8 nitrogen and oxygen atoms in total. The minimum absolute atomic E-state index is 0.196. The number of nitrogen functional groups attached to an aromatic ring is 1. The number of nitrogens with zero attached hydrogens (tertiary/aromatic N) is 5. The number of nitrogens with two attached hydrogens (primary N) is 1. The van der Waals surface area contributed by atoms with Crippen molar-refractivity contribution >= 4 is 23.1 Å². The molecule has 1 aromatic carbocycles. The van der Waals surface area contributed by atoms with Crippen molar-refractivity contribution in [2.75, 3.05) is 24.6 Å². The third kappa shape index (κ3) is 4.61. The van der Waals surface area contributed by atoms with Crippen molar-refractivity contribution in [3.05, 3.63) is 71.9 Å². The molecule has 0 unspecified atom stereocenters. The number of fused-ring (bicyclic) bond motifs is 1. The third-order valence-electron chi connectivity index (χ3n) is 6.70. The molecular weight excluding hydrogens is 438 g/mol. The molecule has 0 bridgehead atoms. The average molecular weight is 470 g/mol. The molecule has 3 aromatic heterocycles. The molecule has 1 saturated heterocycles. The Morgan fingerprint density at radius 2 is 1.97 bits per heavy atom. The van der Waals surface area contributed by atoms with E-state index < -0.39 is 0 Å². The lowest BCUT2D eigenvalue weighted by Crippen LogP contribution is -2.30. The Balaban J connectivity index is 1.44. The second-order valence-corrected chi connectivity index (χ2v) is 9.17. The van der Waals surface area contributed by atoms with Crippen LogP contribution in [0.25, 0.3) is 16.8 Å². The number of aryl methyl sites for hydroxylation is 1. The van der Waals surface area contributed by atoms with Gasteiger partial charge >= 0.3 is 0 Å².